The van der Waals surface area contributed by atoms with Gasteiger partial charge in [0.1, 0.15) is 5.75 Å². The third-order valence-corrected chi connectivity index (χ3v) is 5.07. The predicted molar refractivity (Wildman–Crippen MR) is 114 cm³/mol. The SMILES string of the molecule is COc1ccc(NC(N)=NCc2cccc(NC(=O)C3CCCC3)c2)cc1Cl. The van der Waals surface area contributed by atoms with Gasteiger partial charge in [-0.1, -0.05) is 36.6 Å². The molecule has 1 aliphatic rings. The zero-order valence-electron chi connectivity index (χ0n) is 15.9. The van der Waals surface area contributed by atoms with E-state index >= 15 is 0 Å². The number of carbonyl (C=O) groups is 1. The molecule has 2 aromatic carbocycles. The van der Waals surface area contributed by atoms with Crippen LogP contribution in [0.2, 0.25) is 5.02 Å². The average molecular weight is 401 g/mol. The minimum atomic E-state index is 0.107. The Kier molecular flexibility index (Phi) is 6.76. The first-order valence-electron chi connectivity index (χ1n) is 9.35. The summed E-state index contributed by atoms with van der Waals surface area (Å²) in [6.07, 6.45) is 4.23. The largest absolute Gasteiger partial charge is 0.495 e. The van der Waals surface area contributed by atoms with Crippen LogP contribution in [-0.2, 0) is 11.3 Å². The lowest BCUT2D eigenvalue weighted by molar-refractivity contribution is -0.119. The van der Waals surface area contributed by atoms with Gasteiger partial charge in [-0.05, 0) is 48.7 Å². The summed E-state index contributed by atoms with van der Waals surface area (Å²) >= 11 is 6.11. The Morgan fingerprint density at radius 2 is 1.93 bits per heavy atom. The Hall–Kier alpha value is -2.73. The van der Waals surface area contributed by atoms with Gasteiger partial charge < -0.3 is 21.1 Å². The number of hydrogen-bond acceptors (Lipinski definition) is 3. The summed E-state index contributed by atoms with van der Waals surface area (Å²) < 4.78 is 5.13. The summed E-state index contributed by atoms with van der Waals surface area (Å²) in [6.45, 7) is 0.399. The molecule has 3 rings (SSSR count). The Balaban J connectivity index is 1.58. The molecule has 0 spiro atoms. The second-order valence-electron chi connectivity index (χ2n) is 6.85. The molecule has 0 aliphatic heterocycles. The number of nitrogens with two attached hydrogens (primary N) is 1. The van der Waals surface area contributed by atoms with Crippen molar-refractivity contribution >= 4 is 34.8 Å². The zero-order chi connectivity index (χ0) is 19.9. The molecule has 0 heterocycles. The third kappa shape index (κ3) is 5.39. The molecule has 0 aromatic heterocycles. The minimum absolute atomic E-state index is 0.107. The van der Waals surface area contributed by atoms with E-state index in [1.54, 1.807) is 19.2 Å². The monoisotopic (exact) mass is 400 g/mol. The van der Waals surface area contributed by atoms with Gasteiger partial charge in [-0.15, -0.1) is 0 Å². The molecule has 1 amide bonds. The van der Waals surface area contributed by atoms with Crippen LogP contribution in [0.1, 0.15) is 31.2 Å². The van der Waals surface area contributed by atoms with E-state index in [1.807, 2.05) is 30.3 Å². The van der Waals surface area contributed by atoms with Gasteiger partial charge in [-0.3, -0.25) is 4.79 Å². The van der Waals surface area contributed by atoms with Crippen molar-refractivity contribution in [3.05, 3.63) is 53.1 Å². The molecule has 0 unspecified atom stereocenters. The lowest BCUT2D eigenvalue weighted by Gasteiger charge is -2.11. The van der Waals surface area contributed by atoms with Crippen molar-refractivity contribution in [2.75, 3.05) is 17.7 Å². The Bertz CT molecular complexity index is 863. The summed E-state index contributed by atoms with van der Waals surface area (Å²) in [5, 5.41) is 6.51. The first-order valence-corrected chi connectivity index (χ1v) is 9.73. The highest BCUT2D eigenvalue weighted by Crippen LogP contribution is 2.27. The van der Waals surface area contributed by atoms with Crippen LogP contribution in [0.5, 0.6) is 5.75 Å². The number of aliphatic imine (C=N–C) groups is 1. The summed E-state index contributed by atoms with van der Waals surface area (Å²) in [5.41, 5.74) is 8.45. The summed E-state index contributed by atoms with van der Waals surface area (Å²) in [6, 6.07) is 13.0. The number of anilines is 2. The average Bonchev–Trinajstić information content (AvgIpc) is 3.22. The molecule has 0 bridgehead atoms. The molecule has 1 saturated carbocycles. The van der Waals surface area contributed by atoms with Gasteiger partial charge in [-0.2, -0.15) is 0 Å². The fourth-order valence-corrected chi connectivity index (χ4v) is 3.55. The normalized spacial score (nSPS) is 14.7. The van der Waals surface area contributed by atoms with E-state index in [1.165, 1.54) is 0 Å². The Labute approximate surface area is 170 Å². The Morgan fingerprint density at radius 3 is 2.64 bits per heavy atom. The highest BCUT2D eigenvalue weighted by molar-refractivity contribution is 6.32. The van der Waals surface area contributed by atoms with Gasteiger partial charge in [0.25, 0.3) is 0 Å². The molecule has 0 atom stereocenters. The van der Waals surface area contributed by atoms with Gasteiger partial charge in [0.15, 0.2) is 5.96 Å². The van der Waals surface area contributed by atoms with Crippen molar-refractivity contribution in [1.82, 2.24) is 0 Å². The standard InChI is InChI=1S/C21H25ClN4O2/c1-28-19-10-9-17(12-18(19)22)26-21(23)24-13-14-5-4-8-16(11-14)25-20(27)15-6-2-3-7-15/h4-5,8-12,15H,2-3,6-7,13H2,1H3,(H,25,27)(H3,23,24,26). The molecule has 1 aliphatic carbocycles. The van der Waals surface area contributed by atoms with E-state index in [9.17, 15) is 4.79 Å². The predicted octanol–water partition coefficient (Wildman–Crippen LogP) is 4.40. The fourth-order valence-electron chi connectivity index (χ4n) is 3.29. The van der Waals surface area contributed by atoms with Crippen LogP contribution in [0.15, 0.2) is 47.5 Å². The second-order valence-corrected chi connectivity index (χ2v) is 7.25. The van der Waals surface area contributed by atoms with Gasteiger partial charge in [0.05, 0.1) is 18.7 Å². The van der Waals surface area contributed by atoms with Crippen molar-refractivity contribution in [2.45, 2.75) is 32.2 Å². The molecule has 1 fully saturated rings. The lowest BCUT2D eigenvalue weighted by Crippen LogP contribution is -2.22. The van der Waals surface area contributed by atoms with Crippen LogP contribution >= 0.6 is 11.6 Å². The molecule has 0 saturated heterocycles. The highest BCUT2D eigenvalue weighted by atomic mass is 35.5. The molecule has 28 heavy (non-hydrogen) atoms. The van der Waals surface area contributed by atoms with Crippen molar-refractivity contribution in [3.63, 3.8) is 0 Å². The summed E-state index contributed by atoms with van der Waals surface area (Å²) in [5.74, 6) is 1.12. The topological polar surface area (TPSA) is 88.7 Å². The van der Waals surface area contributed by atoms with Gasteiger partial charge >= 0.3 is 0 Å². The van der Waals surface area contributed by atoms with Crippen LogP contribution in [0, 0.1) is 5.92 Å². The lowest BCUT2D eigenvalue weighted by atomic mass is 10.1. The molecular formula is C21H25ClN4O2. The number of benzene rings is 2. The number of nitrogens with one attached hydrogen (secondary N) is 2. The van der Waals surface area contributed by atoms with Crippen LogP contribution in [-0.4, -0.2) is 19.0 Å². The highest BCUT2D eigenvalue weighted by Gasteiger charge is 2.22. The maximum atomic E-state index is 12.3. The number of guanidine groups is 1. The van der Waals surface area contributed by atoms with Crippen LogP contribution in [0.4, 0.5) is 11.4 Å². The van der Waals surface area contributed by atoms with Crippen LogP contribution < -0.4 is 21.1 Å². The molecule has 4 N–H and O–H groups in total. The number of ether oxygens (including phenoxy) is 1. The molecule has 148 valence electrons. The van der Waals surface area contributed by atoms with Crippen molar-refractivity contribution in [3.8, 4) is 5.75 Å². The van der Waals surface area contributed by atoms with Crippen LogP contribution in [0.25, 0.3) is 0 Å². The number of rotatable bonds is 6. The van der Waals surface area contributed by atoms with Crippen molar-refractivity contribution < 1.29 is 9.53 Å². The second kappa shape index (κ2) is 9.46. The van der Waals surface area contributed by atoms with E-state index in [-0.39, 0.29) is 17.8 Å². The Morgan fingerprint density at radius 1 is 1.18 bits per heavy atom. The summed E-state index contributed by atoms with van der Waals surface area (Å²) in [7, 11) is 1.56. The molecular weight excluding hydrogens is 376 g/mol. The quantitative estimate of drug-likeness (QED) is 0.495. The van der Waals surface area contributed by atoms with E-state index < -0.39 is 0 Å². The first kappa shape index (κ1) is 20.0. The van der Waals surface area contributed by atoms with Gasteiger partial charge in [0.2, 0.25) is 5.91 Å². The number of amides is 1. The number of nitrogens with zero attached hydrogens (tertiary/aromatic N) is 1. The van der Waals surface area contributed by atoms with E-state index in [0.29, 0.717) is 17.3 Å². The maximum absolute atomic E-state index is 12.3. The van der Waals surface area contributed by atoms with Crippen LogP contribution in [0.3, 0.4) is 0 Å². The van der Waals surface area contributed by atoms with Gasteiger partial charge in [-0.25, -0.2) is 4.99 Å². The van der Waals surface area contributed by atoms with E-state index in [0.717, 1.165) is 42.6 Å². The number of halogens is 1. The number of methoxy groups -OCH3 is 1. The van der Waals surface area contributed by atoms with E-state index in [4.69, 9.17) is 22.1 Å². The smallest absolute Gasteiger partial charge is 0.227 e. The minimum Gasteiger partial charge on any atom is -0.495 e. The van der Waals surface area contributed by atoms with E-state index in [2.05, 4.69) is 15.6 Å². The maximum Gasteiger partial charge on any atom is 0.227 e. The molecule has 6 nitrogen and oxygen atoms in total. The first-order chi connectivity index (χ1) is 13.5. The number of carbonyl (C=O) groups excluding carboxylic acids is 1. The van der Waals surface area contributed by atoms with Crippen molar-refractivity contribution in [1.29, 1.82) is 0 Å². The summed E-state index contributed by atoms with van der Waals surface area (Å²) in [4.78, 5) is 16.6. The third-order valence-electron chi connectivity index (χ3n) is 4.78. The van der Waals surface area contributed by atoms with Crippen molar-refractivity contribution in [2.24, 2.45) is 16.6 Å². The molecule has 7 heteroatoms. The fraction of sp³-hybridized carbons (Fsp3) is 0.333. The molecule has 0 radical (unpaired) electrons. The molecule has 2 aromatic rings. The zero-order valence-corrected chi connectivity index (χ0v) is 16.6. The van der Waals surface area contributed by atoms with Gasteiger partial charge in [0, 0.05) is 17.3 Å². The number of hydrogen-bond donors (Lipinski definition) is 3.